The average molecular weight is 332 g/mol. The van der Waals surface area contributed by atoms with Crippen molar-refractivity contribution in [2.75, 3.05) is 0 Å². The van der Waals surface area contributed by atoms with Crippen LogP contribution in [0.15, 0.2) is 48.5 Å². The summed E-state index contributed by atoms with van der Waals surface area (Å²) in [6.07, 6.45) is -0.293. The van der Waals surface area contributed by atoms with Gasteiger partial charge in [0.15, 0.2) is 17.5 Å². The van der Waals surface area contributed by atoms with Gasteiger partial charge in [0.2, 0.25) is 0 Å². The molecule has 8 heteroatoms. The van der Waals surface area contributed by atoms with E-state index in [1.165, 1.54) is 6.07 Å². The van der Waals surface area contributed by atoms with Gasteiger partial charge in [-0.1, -0.05) is 30.3 Å². The molecule has 0 bridgehead atoms. The van der Waals surface area contributed by atoms with Crippen molar-refractivity contribution >= 4 is 5.97 Å². The number of aromatic hydroxyl groups is 2. The Morgan fingerprint density at radius 2 is 1.79 bits per heavy atom. The van der Waals surface area contributed by atoms with Crippen LogP contribution in [0.5, 0.6) is 11.5 Å². The highest BCUT2D eigenvalue weighted by atomic mass is 16.6. The summed E-state index contributed by atoms with van der Waals surface area (Å²) in [5, 5.41) is 40.3. The molecule has 0 aliphatic carbocycles. The third kappa shape index (κ3) is 2.99. The summed E-state index contributed by atoms with van der Waals surface area (Å²) >= 11 is 0. The fraction of sp³-hybridized carbons (Fsp3) is 0.188. The lowest BCUT2D eigenvalue weighted by molar-refractivity contribution is -0.581. The number of carboxylic acid groups (broad SMARTS) is 1. The van der Waals surface area contributed by atoms with Gasteiger partial charge in [0, 0.05) is 16.9 Å². The number of rotatable bonds is 6. The largest absolute Gasteiger partial charge is 0.504 e. The number of nitrogens with zero attached hydrogens (tertiary/aromatic N) is 1. The molecule has 2 atom stereocenters. The number of carboxylic acids is 1. The van der Waals surface area contributed by atoms with Crippen LogP contribution in [0, 0.1) is 10.1 Å². The molecule has 0 aliphatic heterocycles. The van der Waals surface area contributed by atoms with Crippen molar-refractivity contribution in [3.63, 3.8) is 0 Å². The Hall–Kier alpha value is -3.13. The quantitative estimate of drug-likeness (QED) is 0.353. The van der Waals surface area contributed by atoms with Gasteiger partial charge in [0.05, 0.1) is 0 Å². The van der Waals surface area contributed by atoms with Crippen LogP contribution in [0.2, 0.25) is 0 Å². The molecule has 5 N–H and O–H groups in total. The van der Waals surface area contributed by atoms with E-state index in [2.05, 4.69) is 0 Å². The van der Waals surface area contributed by atoms with E-state index in [0.717, 1.165) is 12.1 Å². The van der Waals surface area contributed by atoms with Crippen molar-refractivity contribution in [3.05, 3.63) is 69.8 Å². The molecular weight excluding hydrogens is 316 g/mol. The first-order valence-corrected chi connectivity index (χ1v) is 6.98. The summed E-state index contributed by atoms with van der Waals surface area (Å²) in [7, 11) is 0. The maximum atomic E-state index is 11.9. The zero-order valence-corrected chi connectivity index (χ0v) is 12.5. The van der Waals surface area contributed by atoms with E-state index in [1.807, 2.05) is 0 Å². The summed E-state index contributed by atoms with van der Waals surface area (Å²) in [4.78, 5) is 22.6. The average Bonchev–Trinajstić information content (AvgIpc) is 2.55. The van der Waals surface area contributed by atoms with Crippen LogP contribution in [0.4, 0.5) is 0 Å². The Kier molecular flexibility index (Phi) is 4.70. The number of aliphatic carboxylic acids is 1. The van der Waals surface area contributed by atoms with E-state index < -0.39 is 34.0 Å². The number of nitro groups is 1. The molecule has 0 radical (unpaired) electrons. The molecule has 2 aromatic carbocycles. The minimum Gasteiger partial charge on any atom is -0.504 e. The van der Waals surface area contributed by atoms with Crippen LogP contribution in [0.1, 0.15) is 11.1 Å². The Morgan fingerprint density at radius 1 is 1.17 bits per heavy atom. The van der Waals surface area contributed by atoms with Gasteiger partial charge in [0.25, 0.3) is 5.54 Å². The van der Waals surface area contributed by atoms with Gasteiger partial charge >= 0.3 is 5.97 Å². The van der Waals surface area contributed by atoms with Gasteiger partial charge in [-0.2, -0.15) is 0 Å². The van der Waals surface area contributed by atoms with Crippen molar-refractivity contribution in [3.8, 4) is 11.5 Å². The number of carbonyl (C=O) groups is 1. The molecule has 2 aromatic rings. The zero-order chi connectivity index (χ0) is 17.9. The lowest BCUT2D eigenvalue weighted by atomic mass is 9.78. The lowest BCUT2D eigenvalue weighted by Gasteiger charge is -2.29. The minimum atomic E-state index is -2.21. The number of phenols is 2. The molecule has 0 aliphatic rings. The molecule has 0 amide bonds. The molecule has 0 heterocycles. The van der Waals surface area contributed by atoms with E-state index in [-0.39, 0.29) is 12.0 Å². The van der Waals surface area contributed by atoms with Crippen LogP contribution in [0.25, 0.3) is 0 Å². The Labute approximate surface area is 136 Å². The third-order valence-corrected chi connectivity index (χ3v) is 3.90. The first kappa shape index (κ1) is 17.2. The SMILES string of the molecule is N[C@H](C(=O)O)C(Cc1ccccc1)(c1ccc(O)c(O)c1)[N+](=O)[O-]. The molecular formula is C16H16N2O6. The molecule has 126 valence electrons. The Balaban J connectivity index is 2.68. The highest BCUT2D eigenvalue weighted by Crippen LogP contribution is 2.37. The second kappa shape index (κ2) is 6.55. The number of hydrogen-bond acceptors (Lipinski definition) is 6. The lowest BCUT2D eigenvalue weighted by Crippen LogP contribution is -2.56. The number of phenolic OH excluding ortho intramolecular Hbond substituents is 2. The van der Waals surface area contributed by atoms with E-state index in [1.54, 1.807) is 30.3 Å². The summed E-state index contributed by atoms with van der Waals surface area (Å²) < 4.78 is 0. The van der Waals surface area contributed by atoms with Crippen LogP contribution in [-0.4, -0.2) is 32.3 Å². The molecule has 0 saturated heterocycles. The first-order chi connectivity index (χ1) is 11.3. The molecule has 1 unspecified atom stereocenters. The summed E-state index contributed by atoms with van der Waals surface area (Å²) in [6, 6.07) is 9.63. The van der Waals surface area contributed by atoms with Crippen LogP contribution >= 0.6 is 0 Å². The van der Waals surface area contributed by atoms with Crippen molar-refractivity contribution in [2.45, 2.75) is 18.0 Å². The predicted octanol–water partition coefficient (Wildman–Crippen LogP) is 1.22. The van der Waals surface area contributed by atoms with Gasteiger partial charge in [0.1, 0.15) is 0 Å². The second-order valence-electron chi connectivity index (χ2n) is 5.36. The first-order valence-electron chi connectivity index (χ1n) is 6.98. The fourth-order valence-corrected chi connectivity index (χ4v) is 2.58. The zero-order valence-electron chi connectivity index (χ0n) is 12.5. The normalized spacial score (nSPS) is 14.5. The maximum absolute atomic E-state index is 11.9. The van der Waals surface area contributed by atoms with Crippen molar-refractivity contribution in [1.82, 2.24) is 0 Å². The van der Waals surface area contributed by atoms with E-state index >= 15 is 0 Å². The molecule has 0 spiro atoms. The standard InChI is InChI=1S/C16H16N2O6/c17-14(15(21)22)16(18(23)24,9-10-4-2-1-3-5-10)11-6-7-12(19)13(20)8-11/h1-8,14,19-20H,9,17H2,(H,21,22)/t14-,16?/m1/s1. The Morgan fingerprint density at radius 3 is 2.29 bits per heavy atom. The van der Waals surface area contributed by atoms with Crippen LogP contribution in [0.3, 0.4) is 0 Å². The molecule has 2 rings (SSSR count). The third-order valence-electron chi connectivity index (χ3n) is 3.90. The van der Waals surface area contributed by atoms with Crippen molar-refractivity contribution in [1.29, 1.82) is 0 Å². The van der Waals surface area contributed by atoms with Crippen molar-refractivity contribution in [2.24, 2.45) is 5.73 Å². The van der Waals surface area contributed by atoms with Gasteiger partial charge < -0.3 is 21.1 Å². The number of benzene rings is 2. The topological polar surface area (TPSA) is 147 Å². The predicted molar refractivity (Wildman–Crippen MR) is 84.2 cm³/mol. The molecule has 0 saturated carbocycles. The van der Waals surface area contributed by atoms with E-state index in [4.69, 9.17) is 5.73 Å². The molecule has 0 aromatic heterocycles. The maximum Gasteiger partial charge on any atom is 0.328 e. The molecule has 24 heavy (non-hydrogen) atoms. The summed E-state index contributed by atoms with van der Waals surface area (Å²) in [6.45, 7) is 0. The van der Waals surface area contributed by atoms with Crippen molar-refractivity contribution < 1.29 is 25.0 Å². The fourth-order valence-electron chi connectivity index (χ4n) is 2.58. The van der Waals surface area contributed by atoms with Gasteiger partial charge in [-0.3, -0.25) is 14.9 Å². The number of nitrogens with two attached hydrogens (primary N) is 1. The second-order valence-corrected chi connectivity index (χ2v) is 5.36. The van der Waals surface area contributed by atoms with E-state index in [0.29, 0.717) is 5.56 Å². The summed E-state index contributed by atoms with van der Waals surface area (Å²) in [5.74, 6) is -2.61. The monoisotopic (exact) mass is 332 g/mol. The highest BCUT2D eigenvalue weighted by Gasteiger charge is 2.54. The van der Waals surface area contributed by atoms with Gasteiger partial charge in [-0.25, -0.2) is 0 Å². The summed E-state index contributed by atoms with van der Waals surface area (Å²) in [5.41, 5.74) is 3.87. The smallest absolute Gasteiger partial charge is 0.328 e. The minimum absolute atomic E-state index is 0.110. The van der Waals surface area contributed by atoms with Gasteiger partial charge in [-0.15, -0.1) is 0 Å². The molecule has 8 nitrogen and oxygen atoms in total. The Bertz CT molecular complexity index is 764. The van der Waals surface area contributed by atoms with Crippen LogP contribution in [-0.2, 0) is 16.8 Å². The number of hydrogen-bond donors (Lipinski definition) is 4. The van der Waals surface area contributed by atoms with Crippen LogP contribution < -0.4 is 5.73 Å². The highest BCUT2D eigenvalue weighted by molar-refractivity contribution is 5.75. The van der Waals surface area contributed by atoms with E-state index in [9.17, 15) is 30.2 Å². The molecule has 0 fully saturated rings. The van der Waals surface area contributed by atoms with Gasteiger partial charge in [-0.05, 0) is 23.8 Å².